The highest BCUT2D eigenvalue weighted by Gasteiger charge is 2.25. The lowest BCUT2D eigenvalue weighted by Crippen LogP contribution is -2.31. The van der Waals surface area contributed by atoms with Gasteiger partial charge in [-0.1, -0.05) is 30.7 Å². The zero-order chi connectivity index (χ0) is 25.9. The van der Waals surface area contributed by atoms with Crippen molar-refractivity contribution in [3.8, 4) is 0 Å². The van der Waals surface area contributed by atoms with Crippen molar-refractivity contribution in [2.24, 2.45) is 0 Å². The number of hydrogen-bond donors (Lipinski definition) is 0. The highest BCUT2D eigenvalue weighted by molar-refractivity contribution is 7.89. The van der Waals surface area contributed by atoms with Crippen LogP contribution in [0.25, 0.3) is 10.2 Å². The largest absolute Gasteiger partial charge is 0.278 e. The van der Waals surface area contributed by atoms with Crippen LogP contribution in [0.2, 0.25) is 0 Å². The highest BCUT2D eigenvalue weighted by Crippen LogP contribution is 2.33. The number of aromatic nitrogens is 2. The van der Waals surface area contributed by atoms with E-state index in [4.69, 9.17) is 0 Å². The number of unbranched alkanes of at least 4 members (excludes halogenated alkanes) is 1. The minimum Gasteiger partial charge on any atom is -0.278 e. The Balaban J connectivity index is 1.68. The van der Waals surface area contributed by atoms with E-state index >= 15 is 0 Å². The Morgan fingerprint density at radius 1 is 1.08 bits per heavy atom. The second-order valence-corrected chi connectivity index (χ2v) is 11.2. The Kier molecular flexibility index (Phi) is 7.72. The predicted molar refractivity (Wildman–Crippen MR) is 135 cm³/mol. The summed E-state index contributed by atoms with van der Waals surface area (Å²) < 4.78 is 55.2. The molecule has 0 unspecified atom stereocenters. The molecule has 0 spiro atoms. The number of pyridine rings is 1. The Bertz CT molecular complexity index is 1480. The number of anilines is 1. The van der Waals surface area contributed by atoms with Crippen LogP contribution in [-0.4, -0.2) is 42.2 Å². The molecule has 0 atom stereocenters. The molecule has 0 saturated carbocycles. The van der Waals surface area contributed by atoms with Crippen molar-refractivity contribution in [1.29, 1.82) is 0 Å². The number of halogens is 2. The molecule has 0 radical (unpaired) electrons. The van der Waals surface area contributed by atoms with Crippen molar-refractivity contribution in [1.82, 2.24) is 14.3 Å². The summed E-state index contributed by atoms with van der Waals surface area (Å²) in [6.07, 6.45) is 3.18. The van der Waals surface area contributed by atoms with E-state index in [0.29, 0.717) is 12.2 Å². The molecular weight excluding hydrogens is 506 g/mol. The van der Waals surface area contributed by atoms with Gasteiger partial charge < -0.3 is 0 Å². The molecule has 1 amide bonds. The first kappa shape index (κ1) is 25.8. The second-order valence-electron chi connectivity index (χ2n) is 8.15. The van der Waals surface area contributed by atoms with E-state index in [1.165, 1.54) is 40.5 Å². The van der Waals surface area contributed by atoms with Crippen molar-refractivity contribution in [3.05, 3.63) is 83.7 Å². The van der Waals surface area contributed by atoms with Crippen LogP contribution in [0, 0.1) is 11.6 Å². The van der Waals surface area contributed by atoms with Gasteiger partial charge in [0.2, 0.25) is 10.0 Å². The summed E-state index contributed by atoms with van der Waals surface area (Å²) in [7, 11) is -2.17. The average molecular weight is 531 g/mol. The molecule has 0 bridgehead atoms. The third-order valence-corrected chi connectivity index (χ3v) is 8.46. The third-order valence-electron chi connectivity index (χ3n) is 5.56. The van der Waals surface area contributed by atoms with Crippen molar-refractivity contribution in [2.75, 3.05) is 18.5 Å². The zero-order valence-corrected chi connectivity index (χ0v) is 21.3. The van der Waals surface area contributed by atoms with Crippen molar-refractivity contribution in [2.45, 2.75) is 31.2 Å². The first-order chi connectivity index (χ1) is 17.2. The van der Waals surface area contributed by atoms with Crippen molar-refractivity contribution < 1.29 is 22.0 Å². The summed E-state index contributed by atoms with van der Waals surface area (Å²) in [6.45, 7) is 2.41. The van der Waals surface area contributed by atoms with Crippen molar-refractivity contribution >= 4 is 42.6 Å². The van der Waals surface area contributed by atoms with Gasteiger partial charge in [0, 0.05) is 31.4 Å². The molecule has 4 rings (SSSR count). The van der Waals surface area contributed by atoms with Gasteiger partial charge in [-0.05, 0) is 48.9 Å². The second kappa shape index (κ2) is 10.8. The lowest BCUT2D eigenvalue weighted by Gasteiger charge is -2.20. The highest BCUT2D eigenvalue weighted by atomic mass is 32.2. The summed E-state index contributed by atoms with van der Waals surface area (Å²) in [5, 5.41) is 0.168. The topological polar surface area (TPSA) is 83.5 Å². The van der Waals surface area contributed by atoms with Gasteiger partial charge in [-0.15, -0.1) is 0 Å². The monoisotopic (exact) mass is 530 g/mol. The lowest BCUT2D eigenvalue weighted by molar-refractivity contribution is 0.0984. The van der Waals surface area contributed by atoms with Gasteiger partial charge in [0.05, 0.1) is 21.8 Å². The Labute approximate surface area is 212 Å². The molecule has 188 valence electrons. The molecule has 36 heavy (non-hydrogen) atoms. The number of benzene rings is 2. The summed E-state index contributed by atoms with van der Waals surface area (Å²) >= 11 is 0.978. The van der Waals surface area contributed by atoms with Gasteiger partial charge >= 0.3 is 0 Å². The number of fused-ring (bicyclic) bond motifs is 1. The maximum atomic E-state index is 14.3. The van der Waals surface area contributed by atoms with E-state index in [-0.39, 0.29) is 32.4 Å². The lowest BCUT2D eigenvalue weighted by atomic mass is 10.2. The van der Waals surface area contributed by atoms with Crippen LogP contribution < -0.4 is 4.90 Å². The summed E-state index contributed by atoms with van der Waals surface area (Å²) in [5.41, 5.74) is 0.743. The Hall–Kier alpha value is -3.28. The number of carbonyl (C=O) groups is 1. The van der Waals surface area contributed by atoms with Crippen LogP contribution in [0.5, 0.6) is 0 Å². The fourth-order valence-electron chi connectivity index (χ4n) is 3.55. The van der Waals surface area contributed by atoms with Gasteiger partial charge in [-0.3, -0.25) is 14.7 Å². The fraction of sp³-hybridized carbons (Fsp3) is 0.240. The molecule has 4 aromatic rings. The number of hydrogen-bond acceptors (Lipinski definition) is 6. The Morgan fingerprint density at radius 3 is 2.50 bits per heavy atom. The molecule has 0 aliphatic heterocycles. The molecular formula is C25H24F2N4O3S2. The van der Waals surface area contributed by atoms with Crippen LogP contribution in [-0.2, 0) is 16.6 Å². The summed E-state index contributed by atoms with van der Waals surface area (Å²) in [5.74, 6) is -2.04. The smallest absolute Gasteiger partial charge is 0.260 e. The van der Waals surface area contributed by atoms with E-state index in [2.05, 4.69) is 9.97 Å². The van der Waals surface area contributed by atoms with E-state index in [9.17, 15) is 22.0 Å². The molecule has 7 nitrogen and oxygen atoms in total. The molecule has 2 aromatic carbocycles. The number of nitrogens with zero attached hydrogens (tertiary/aromatic N) is 4. The molecule has 0 saturated heterocycles. The zero-order valence-electron chi connectivity index (χ0n) is 19.7. The minimum atomic E-state index is -3.69. The van der Waals surface area contributed by atoms with Gasteiger partial charge in [-0.25, -0.2) is 26.5 Å². The van der Waals surface area contributed by atoms with E-state index < -0.39 is 27.6 Å². The van der Waals surface area contributed by atoms with Crippen LogP contribution in [0.4, 0.5) is 13.9 Å². The third kappa shape index (κ3) is 5.43. The summed E-state index contributed by atoms with van der Waals surface area (Å²) in [6, 6.07) is 12.8. The molecule has 0 fully saturated rings. The van der Waals surface area contributed by atoms with Gasteiger partial charge in [0.25, 0.3) is 5.91 Å². The van der Waals surface area contributed by atoms with Gasteiger partial charge in [0.15, 0.2) is 10.9 Å². The normalized spacial score (nSPS) is 11.8. The quantitative estimate of drug-likeness (QED) is 0.296. The van der Waals surface area contributed by atoms with E-state index in [1.54, 1.807) is 24.4 Å². The SMILES string of the molecule is CCCCN(C)S(=O)(=O)c1ccc(C(=O)N(Cc2ccccn2)c2nc3c(F)cc(F)cc3s2)cc1. The molecule has 0 aliphatic rings. The number of amides is 1. The average Bonchev–Trinajstić information content (AvgIpc) is 3.30. The van der Waals surface area contributed by atoms with Crippen LogP contribution in [0.3, 0.4) is 0 Å². The van der Waals surface area contributed by atoms with Crippen LogP contribution >= 0.6 is 11.3 Å². The number of thiazole rings is 1. The molecule has 11 heteroatoms. The Morgan fingerprint density at radius 2 is 1.83 bits per heavy atom. The van der Waals surface area contributed by atoms with E-state index in [1.807, 2.05) is 6.92 Å². The van der Waals surface area contributed by atoms with Crippen LogP contribution in [0.15, 0.2) is 65.7 Å². The van der Waals surface area contributed by atoms with Crippen LogP contribution in [0.1, 0.15) is 35.8 Å². The maximum Gasteiger partial charge on any atom is 0.260 e. The first-order valence-electron chi connectivity index (χ1n) is 11.2. The number of sulfonamides is 1. The van der Waals surface area contributed by atoms with E-state index in [0.717, 1.165) is 36.3 Å². The molecule has 0 aliphatic carbocycles. The molecule has 2 heterocycles. The maximum absolute atomic E-state index is 14.3. The standard InChI is InChI=1S/C25H24F2N4O3S2/c1-3-4-13-30(2)36(33,34)20-10-8-17(9-11-20)24(32)31(16-19-7-5-6-12-28-19)25-29-23-21(27)14-18(26)15-22(23)35-25/h5-12,14-15H,3-4,13,16H2,1-2H3. The number of rotatable bonds is 9. The van der Waals surface area contributed by atoms with Gasteiger partial charge in [-0.2, -0.15) is 0 Å². The van der Waals surface area contributed by atoms with Crippen molar-refractivity contribution in [3.63, 3.8) is 0 Å². The molecule has 2 aromatic heterocycles. The summed E-state index contributed by atoms with van der Waals surface area (Å²) in [4.78, 5) is 23.5. The minimum absolute atomic E-state index is 0.0312. The fourth-order valence-corrected chi connectivity index (χ4v) is 5.76. The van der Waals surface area contributed by atoms with Gasteiger partial charge in [0.1, 0.15) is 11.3 Å². The predicted octanol–water partition coefficient (Wildman–Crippen LogP) is 5.24. The molecule has 0 N–H and O–H groups in total. The number of carbonyl (C=O) groups excluding carboxylic acids is 1. The first-order valence-corrected chi connectivity index (χ1v) is 13.5.